The van der Waals surface area contributed by atoms with Crippen LogP contribution in [0.5, 0.6) is 0 Å². The Balaban J connectivity index is 2.13. The van der Waals surface area contributed by atoms with Gasteiger partial charge in [-0.2, -0.15) is 5.10 Å². The largest absolute Gasteiger partial charge is 0.385 e. The lowest BCUT2D eigenvalue weighted by Gasteiger charge is -2.09. The molecule has 1 aromatic heterocycles. The van der Waals surface area contributed by atoms with Gasteiger partial charge in [0.1, 0.15) is 12.2 Å². The lowest BCUT2D eigenvalue weighted by atomic mass is 10.2. The third-order valence-electron chi connectivity index (χ3n) is 2.72. The van der Waals surface area contributed by atoms with Gasteiger partial charge in [0, 0.05) is 20.3 Å². The smallest absolute Gasteiger partial charge is 0.140 e. The molecule has 0 saturated carbocycles. The molecule has 0 spiro atoms. The minimum Gasteiger partial charge on any atom is -0.385 e. The highest BCUT2D eigenvalue weighted by molar-refractivity contribution is 4.83. The van der Waals surface area contributed by atoms with E-state index in [4.69, 9.17) is 4.74 Å². The Morgan fingerprint density at radius 3 is 2.89 bits per heavy atom. The van der Waals surface area contributed by atoms with Crippen molar-refractivity contribution in [3.8, 4) is 0 Å². The van der Waals surface area contributed by atoms with E-state index in [1.54, 1.807) is 13.4 Å². The minimum absolute atomic E-state index is 0.597. The van der Waals surface area contributed by atoms with Gasteiger partial charge in [0.25, 0.3) is 0 Å². The van der Waals surface area contributed by atoms with Crippen LogP contribution in [-0.4, -0.2) is 35.0 Å². The second-order valence-electron chi connectivity index (χ2n) is 4.98. The highest BCUT2D eigenvalue weighted by Gasteiger charge is 2.05. The standard InChI is InChI=1S/C13H26N4O/c1-12(2)10-17-13(15-11-16-17)9-14-7-5-4-6-8-18-3/h11-12,14H,4-10H2,1-3H3. The molecule has 0 aliphatic rings. The van der Waals surface area contributed by atoms with Crippen molar-refractivity contribution in [1.29, 1.82) is 0 Å². The maximum Gasteiger partial charge on any atom is 0.140 e. The fraction of sp³-hybridized carbons (Fsp3) is 0.846. The summed E-state index contributed by atoms with van der Waals surface area (Å²) in [6.45, 7) is 8.01. The molecule has 0 fully saturated rings. The Morgan fingerprint density at radius 1 is 1.33 bits per heavy atom. The van der Waals surface area contributed by atoms with E-state index in [0.29, 0.717) is 5.92 Å². The van der Waals surface area contributed by atoms with Crippen molar-refractivity contribution in [3.05, 3.63) is 12.2 Å². The summed E-state index contributed by atoms with van der Waals surface area (Å²) in [5, 5.41) is 7.66. The Labute approximate surface area is 110 Å². The SMILES string of the molecule is COCCCCCNCc1ncnn1CC(C)C. The zero-order valence-corrected chi connectivity index (χ0v) is 11.9. The number of hydrogen-bond acceptors (Lipinski definition) is 4. The molecule has 0 amide bonds. The van der Waals surface area contributed by atoms with E-state index in [-0.39, 0.29) is 0 Å². The van der Waals surface area contributed by atoms with Gasteiger partial charge in [-0.05, 0) is 31.7 Å². The van der Waals surface area contributed by atoms with Gasteiger partial charge < -0.3 is 10.1 Å². The van der Waals surface area contributed by atoms with Crippen molar-refractivity contribution in [2.75, 3.05) is 20.3 Å². The molecule has 0 aliphatic heterocycles. The highest BCUT2D eigenvalue weighted by Crippen LogP contribution is 2.01. The van der Waals surface area contributed by atoms with Crippen LogP contribution in [0.2, 0.25) is 0 Å². The summed E-state index contributed by atoms with van der Waals surface area (Å²) in [5.74, 6) is 1.63. The molecule has 1 aromatic rings. The molecular formula is C13H26N4O. The number of nitrogens with one attached hydrogen (secondary N) is 1. The van der Waals surface area contributed by atoms with Crippen LogP contribution >= 0.6 is 0 Å². The average Bonchev–Trinajstić information content (AvgIpc) is 2.75. The number of rotatable bonds is 10. The van der Waals surface area contributed by atoms with Crippen molar-refractivity contribution < 1.29 is 4.74 Å². The Morgan fingerprint density at radius 2 is 2.17 bits per heavy atom. The summed E-state index contributed by atoms with van der Waals surface area (Å²) in [6.07, 6.45) is 5.17. The third-order valence-corrected chi connectivity index (χ3v) is 2.72. The molecule has 1 heterocycles. The first-order valence-corrected chi connectivity index (χ1v) is 6.80. The molecule has 0 aromatic carbocycles. The normalized spacial score (nSPS) is 11.3. The summed E-state index contributed by atoms with van der Waals surface area (Å²) < 4.78 is 7.01. The summed E-state index contributed by atoms with van der Waals surface area (Å²) >= 11 is 0. The van der Waals surface area contributed by atoms with Crippen LogP contribution in [0, 0.1) is 5.92 Å². The second kappa shape index (κ2) is 9.05. The monoisotopic (exact) mass is 254 g/mol. The molecule has 0 saturated heterocycles. The predicted octanol–water partition coefficient (Wildman–Crippen LogP) is 1.84. The van der Waals surface area contributed by atoms with Gasteiger partial charge >= 0.3 is 0 Å². The number of ether oxygens (including phenoxy) is 1. The summed E-state index contributed by atoms with van der Waals surface area (Å²) in [6, 6.07) is 0. The first kappa shape index (κ1) is 15.1. The van der Waals surface area contributed by atoms with Crippen LogP contribution < -0.4 is 5.32 Å². The molecule has 104 valence electrons. The molecule has 0 aliphatic carbocycles. The zero-order valence-electron chi connectivity index (χ0n) is 11.9. The molecule has 1 rings (SSSR count). The van der Waals surface area contributed by atoms with Crippen LogP contribution in [0.15, 0.2) is 6.33 Å². The van der Waals surface area contributed by atoms with Crippen molar-refractivity contribution in [3.63, 3.8) is 0 Å². The summed E-state index contributed by atoms with van der Waals surface area (Å²) in [7, 11) is 1.75. The van der Waals surface area contributed by atoms with Crippen molar-refractivity contribution in [2.45, 2.75) is 46.2 Å². The Bertz CT molecular complexity index is 312. The molecule has 0 atom stereocenters. The van der Waals surface area contributed by atoms with Crippen LogP contribution in [0.1, 0.15) is 38.9 Å². The van der Waals surface area contributed by atoms with Gasteiger partial charge in [-0.25, -0.2) is 9.67 Å². The lowest BCUT2D eigenvalue weighted by molar-refractivity contribution is 0.192. The average molecular weight is 254 g/mol. The number of nitrogens with zero attached hydrogens (tertiary/aromatic N) is 3. The van der Waals surface area contributed by atoms with Gasteiger partial charge in [0.05, 0.1) is 6.54 Å². The Kier molecular flexibility index (Phi) is 7.60. The molecule has 1 N–H and O–H groups in total. The van der Waals surface area contributed by atoms with Crippen molar-refractivity contribution in [1.82, 2.24) is 20.1 Å². The van der Waals surface area contributed by atoms with Gasteiger partial charge in [0.15, 0.2) is 0 Å². The van der Waals surface area contributed by atoms with Crippen LogP contribution in [0.3, 0.4) is 0 Å². The summed E-state index contributed by atoms with van der Waals surface area (Å²) in [4.78, 5) is 4.29. The first-order chi connectivity index (χ1) is 8.74. The number of aromatic nitrogens is 3. The number of unbranched alkanes of at least 4 members (excludes halogenated alkanes) is 2. The van der Waals surface area contributed by atoms with Crippen molar-refractivity contribution in [2.24, 2.45) is 5.92 Å². The maximum absolute atomic E-state index is 5.02. The Hall–Kier alpha value is -0.940. The molecule has 18 heavy (non-hydrogen) atoms. The van der Waals surface area contributed by atoms with E-state index < -0.39 is 0 Å². The predicted molar refractivity (Wildman–Crippen MR) is 72.3 cm³/mol. The van der Waals surface area contributed by atoms with Crippen LogP contribution in [-0.2, 0) is 17.8 Å². The molecule has 0 bridgehead atoms. The first-order valence-electron chi connectivity index (χ1n) is 6.80. The number of hydrogen-bond donors (Lipinski definition) is 1. The van der Waals surface area contributed by atoms with Gasteiger partial charge in [-0.3, -0.25) is 0 Å². The quantitative estimate of drug-likeness (QED) is 0.647. The minimum atomic E-state index is 0.597. The molecule has 0 unspecified atom stereocenters. The van der Waals surface area contributed by atoms with E-state index >= 15 is 0 Å². The second-order valence-corrected chi connectivity index (χ2v) is 4.98. The lowest BCUT2D eigenvalue weighted by Crippen LogP contribution is -2.20. The van der Waals surface area contributed by atoms with Crippen LogP contribution in [0.4, 0.5) is 0 Å². The fourth-order valence-electron chi connectivity index (χ4n) is 1.80. The number of methoxy groups -OCH3 is 1. The van der Waals surface area contributed by atoms with Gasteiger partial charge in [-0.1, -0.05) is 13.8 Å². The summed E-state index contributed by atoms with van der Waals surface area (Å²) in [5.41, 5.74) is 0. The topological polar surface area (TPSA) is 52.0 Å². The molecule has 5 nitrogen and oxygen atoms in total. The van der Waals surface area contributed by atoms with E-state index in [0.717, 1.165) is 38.5 Å². The fourth-order valence-corrected chi connectivity index (χ4v) is 1.80. The maximum atomic E-state index is 5.02. The van der Waals surface area contributed by atoms with Gasteiger partial charge in [-0.15, -0.1) is 0 Å². The van der Waals surface area contributed by atoms with Gasteiger partial charge in [0.2, 0.25) is 0 Å². The zero-order chi connectivity index (χ0) is 13.2. The van der Waals surface area contributed by atoms with E-state index in [2.05, 4.69) is 29.2 Å². The van der Waals surface area contributed by atoms with Crippen LogP contribution in [0.25, 0.3) is 0 Å². The third kappa shape index (κ3) is 6.12. The molecular weight excluding hydrogens is 228 g/mol. The van der Waals surface area contributed by atoms with Crippen molar-refractivity contribution >= 4 is 0 Å². The van der Waals surface area contributed by atoms with E-state index in [1.807, 2.05) is 4.68 Å². The molecule has 5 heteroatoms. The van der Waals surface area contributed by atoms with E-state index in [9.17, 15) is 0 Å². The highest BCUT2D eigenvalue weighted by atomic mass is 16.5. The molecule has 0 radical (unpaired) electrons. The van der Waals surface area contributed by atoms with E-state index in [1.165, 1.54) is 12.8 Å².